The number of ether oxygens (including phenoxy) is 1. The number of aryl methyl sites for hydroxylation is 1. The van der Waals surface area contributed by atoms with E-state index in [4.69, 9.17) is 4.74 Å². The van der Waals surface area contributed by atoms with Crippen molar-refractivity contribution < 1.29 is 23.1 Å². The fourth-order valence-electron chi connectivity index (χ4n) is 3.82. The highest BCUT2D eigenvalue weighted by atomic mass is 32.2. The zero-order chi connectivity index (χ0) is 26.4. The fourth-order valence-corrected chi connectivity index (χ4v) is 4.87. The van der Waals surface area contributed by atoms with Gasteiger partial charge in [-0.05, 0) is 72.1 Å². The van der Waals surface area contributed by atoms with Gasteiger partial charge in [-0.25, -0.2) is 13.2 Å². The molecule has 0 aromatic heterocycles. The van der Waals surface area contributed by atoms with Crippen molar-refractivity contribution >= 4 is 21.5 Å². The Bertz CT molecular complexity index is 1580. The zero-order valence-corrected chi connectivity index (χ0v) is 21.2. The van der Waals surface area contributed by atoms with E-state index in [-0.39, 0.29) is 16.1 Å². The van der Waals surface area contributed by atoms with Crippen LogP contribution in [-0.2, 0) is 9.84 Å². The predicted octanol–water partition coefficient (Wildman–Crippen LogP) is 5.61. The molecular formula is C30H25NO5S. The van der Waals surface area contributed by atoms with Crippen LogP contribution in [0.4, 0.5) is 5.69 Å². The van der Waals surface area contributed by atoms with Crippen molar-refractivity contribution in [2.24, 2.45) is 0 Å². The molecule has 0 aliphatic rings. The molecule has 186 valence electrons. The Labute approximate surface area is 216 Å². The molecule has 6 nitrogen and oxygen atoms in total. The molecule has 4 rings (SSSR count). The van der Waals surface area contributed by atoms with Gasteiger partial charge < -0.3 is 15.2 Å². The highest BCUT2D eigenvalue weighted by Crippen LogP contribution is 2.25. The molecule has 0 spiro atoms. The Balaban J connectivity index is 1.54. The number of nitrogens with one attached hydrogen (secondary N) is 1. The monoisotopic (exact) mass is 511 g/mol. The molecule has 0 bridgehead atoms. The van der Waals surface area contributed by atoms with E-state index in [9.17, 15) is 18.3 Å². The molecule has 0 radical (unpaired) electrons. The number of sulfone groups is 1. The van der Waals surface area contributed by atoms with Crippen molar-refractivity contribution in [3.8, 4) is 28.7 Å². The predicted molar refractivity (Wildman–Crippen MR) is 145 cm³/mol. The Hall–Kier alpha value is -4.54. The largest absolute Gasteiger partial charge is 0.497 e. The number of hydrogen-bond donors (Lipinski definition) is 2. The first-order valence-electron chi connectivity index (χ1n) is 11.4. The van der Waals surface area contributed by atoms with Gasteiger partial charge in [0.15, 0.2) is 9.84 Å². The minimum Gasteiger partial charge on any atom is -0.497 e. The van der Waals surface area contributed by atoms with Gasteiger partial charge in [0.25, 0.3) is 0 Å². The van der Waals surface area contributed by atoms with Gasteiger partial charge >= 0.3 is 5.97 Å². The summed E-state index contributed by atoms with van der Waals surface area (Å²) < 4.78 is 30.6. The highest BCUT2D eigenvalue weighted by Gasteiger charge is 2.19. The molecule has 0 saturated heterocycles. The summed E-state index contributed by atoms with van der Waals surface area (Å²) >= 11 is 0. The molecule has 0 aliphatic carbocycles. The summed E-state index contributed by atoms with van der Waals surface area (Å²) in [6.45, 7) is 1.72. The lowest BCUT2D eigenvalue weighted by Gasteiger charge is -2.14. The number of rotatable bonds is 7. The molecule has 2 N–H and O–H groups in total. The van der Waals surface area contributed by atoms with Crippen LogP contribution >= 0.6 is 0 Å². The van der Waals surface area contributed by atoms with E-state index in [1.165, 1.54) is 25.3 Å². The Kier molecular flexibility index (Phi) is 7.61. The Morgan fingerprint density at radius 1 is 0.865 bits per heavy atom. The van der Waals surface area contributed by atoms with Crippen LogP contribution in [0.15, 0.2) is 95.9 Å². The molecule has 4 aromatic carbocycles. The van der Waals surface area contributed by atoms with Gasteiger partial charge in [0.05, 0.1) is 23.3 Å². The third kappa shape index (κ3) is 6.18. The standard InChI is InChI=1S/C30H25NO5S/c1-21-18-23(9-8-22-10-12-25(13-11-22)24-6-4-3-5-7-24)19-28(30(32)33)29(21)31-20-37(34,35)27-16-14-26(36-2)15-17-27/h3-7,10-19,31H,20H2,1-2H3,(H,32,33). The molecule has 0 fully saturated rings. The molecule has 0 heterocycles. The van der Waals surface area contributed by atoms with Gasteiger partial charge in [0, 0.05) is 11.1 Å². The van der Waals surface area contributed by atoms with Crippen LogP contribution in [0.1, 0.15) is 27.0 Å². The second kappa shape index (κ2) is 11.0. The molecule has 7 heteroatoms. The third-order valence-corrected chi connectivity index (χ3v) is 7.28. The average Bonchev–Trinajstić information content (AvgIpc) is 2.91. The maximum Gasteiger partial charge on any atom is 0.337 e. The third-order valence-electron chi connectivity index (χ3n) is 5.77. The number of hydrogen-bond acceptors (Lipinski definition) is 5. The molecule has 0 amide bonds. The smallest absolute Gasteiger partial charge is 0.337 e. The highest BCUT2D eigenvalue weighted by molar-refractivity contribution is 7.91. The zero-order valence-electron chi connectivity index (χ0n) is 20.4. The van der Waals surface area contributed by atoms with Crippen LogP contribution in [0.25, 0.3) is 11.1 Å². The number of aromatic carboxylic acids is 1. The number of benzene rings is 4. The first-order valence-corrected chi connectivity index (χ1v) is 13.1. The van der Waals surface area contributed by atoms with Crippen LogP contribution in [0.5, 0.6) is 5.75 Å². The molecule has 0 aliphatic heterocycles. The van der Waals surface area contributed by atoms with Gasteiger partial charge in [-0.15, -0.1) is 0 Å². The van der Waals surface area contributed by atoms with Crippen molar-refractivity contribution in [1.29, 1.82) is 0 Å². The fraction of sp³-hybridized carbons (Fsp3) is 0.100. The van der Waals surface area contributed by atoms with Gasteiger partial charge in [-0.3, -0.25) is 0 Å². The number of anilines is 1. The second-order valence-corrected chi connectivity index (χ2v) is 10.3. The van der Waals surface area contributed by atoms with E-state index < -0.39 is 21.7 Å². The van der Waals surface area contributed by atoms with Crippen molar-refractivity contribution in [2.75, 3.05) is 18.3 Å². The minimum atomic E-state index is -3.71. The van der Waals surface area contributed by atoms with Crippen molar-refractivity contribution in [1.82, 2.24) is 0 Å². The van der Waals surface area contributed by atoms with Gasteiger partial charge in [-0.2, -0.15) is 0 Å². The van der Waals surface area contributed by atoms with E-state index in [1.54, 1.807) is 25.1 Å². The van der Waals surface area contributed by atoms with E-state index in [1.807, 2.05) is 54.6 Å². The van der Waals surface area contributed by atoms with Crippen LogP contribution in [0, 0.1) is 18.8 Å². The lowest BCUT2D eigenvalue weighted by atomic mass is 10.0. The minimum absolute atomic E-state index is 0.0475. The molecule has 0 atom stereocenters. The lowest BCUT2D eigenvalue weighted by Crippen LogP contribution is -2.17. The van der Waals surface area contributed by atoms with Crippen LogP contribution in [0.2, 0.25) is 0 Å². The number of methoxy groups -OCH3 is 1. The first kappa shape index (κ1) is 25.5. The summed E-state index contributed by atoms with van der Waals surface area (Å²) in [6, 6.07) is 27.0. The van der Waals surface area contributed by atoms with Crippen molar-refractivity contribution in [3.63, 3.8) is 0 Å². The average molecular weight is 512 g/mol. The maximum atomic E-state index is 12.8. The molecule has 4 aromatic rings. The molecule has 37 heavy (non-hydrogen) atoms. The summed E-state index contributed by atoms with van der Waals surface area (Å²) in [5.41, 5.74) is 4.27. The number of carbonyl (C=O) groups is 1. The summed E-state index contributed by atoms with van der Waals surface area (Å²) in [7, 11) is -2.21. The van der Waals surface area contributed by atoms with E-state index in [2.05, 4.69) is 17.2 Å². The summed E-state index contributed by atoms with van der Waals surface area (Å²) in [5.74, 6) is 5.00. The lowest BCUT2D eigenvalue weighted by molar-refractivity contribution is 0.0697. The Morgan fingerprint density at radius 2 is 1.49 bits per heavy atom. The van der Waals surface area contributed by atoms with Gasteiger partial charge in [0.2, 0.25) is 0 Å². The SMILES string of the molecule is COc1ccc(S(=O)(=O)CNc2c(C)cc(C#Cc3ccc(-c4ccccc4)cc3)cc2C(=O)O)cc1. The quantitative estimate of drug-likeness (QED) is 0.313. The van der Waals surface area contributed by atoms with Crippen LogP contribution < -0.4 is 10.1 Å². The number of carboxylic acid groups (broad SMARTS) is 1. The van der Waals surface area contributed by atoms with Crippen molar-refractivity contribution in [3.05, 3.63) is 113 Å². The Morgan fingerprint density at radius 3 is 2.11 bits per heavy atom. The van der Waals surface area contributed by atoms with E-state index >= 15 is 0 Å². The molecule has 0 unspecified atom stereocenters. The van der Waals surface area contributed by atoms with Gasteiger partial charge in [-0.1, -0.05) is 54.3 Å². The van der Waals surface area contributed by atoms with E-state index in [0.29, 0.717) is 16.9 Å². The van der Waals surface area contributed by atoms with E-state index in [0.717, 1.165) is 16.7 Å². The molecular weight excluding hydrogens is 486 g/mol. The maximum absolute atomic E-state index is 12.8. The van der Waals surface area contributed by atoms with Crippen LogP contribution in [0.3, 0.4) is 0 Å². The topological polar surface area (TPSA) is 92.7 Å². The second-order valence-electron chi connectivity index (χ2n) is 8.33. The van der Waals surface area contributed by atoms with Gasteiger partial charge in [0.1, 0.15) is 11.6 Å². The first-order chi connectivity index (χ1) is 17.8. The number of carboxylic acids is 1. The van der Waals surface area contributed by atoms with Crippen LogP contribution in [-0.4, -0.2) is 32.5 Å². The summed E-state index contributed by atoms with van der Waals surface area (Å²) in [4.78, 5) is 12.1. The summed E-state index contributed by atoms with van der Waals surface area (Å²) in [6.07, 6.45) is 0. The van der Waals surface area contributed by atoms with Crippen molar-refractivity contribution in [2.45, 2.75) is 11.8 Å². The molecule has 0 saturated carbocycles. The normalized spacial score (nSPS) is 10.8. The summed E-state index contributed by atoms with van der Waals surface area (Å²) in [5, 5.41) is 12.6.